The van der Waals surface area contributed by atoms with Gasteiger partial charge in [0.2, 0.25) is 0 Å². The van der Waals surface area contributed by atoms with Gasteiger partial charge in [0.25, 0.3) is 5.91 Å². The van der Waals surface area contributed by atoms with Crippen LogP contribution in [-0.4, -0.2) is 57.5 Å². The van der Waals surface area contributed by atoms with E-state index in [0.29, 0.717) is 18.0 Å². The van der Waals surface area contributed by atoms with Crippen LogP contribution in [0.5, 0.6) is 0 Å². The Hall–Kier alpha value is -1.52. The number of aryl methyl sites for hydroxylation is 1. The summed E-state index contributed by atoms with van der Waals surface area (Å²) in [5.41, 5.74) is 0.780. The van der Waals surface area contributed by atoms with Crippen molar-refractivity contribution in [2.45, 2.75) is 26.3 Å². The van der Waals surface area contributed by atoms with Crippen molar-refractivity contribution in [1.29, 1.82) is 5.26 Å². The molecule has 0 spiro atoms. The van der Waals surface area contributed by atoms with Crippen molar-refractivity contribution in [3.8, 4) is 6.07 Å². The minimum absolute atomic E-state index is 0.0242. The second-order valence-electron chi connectivity index (χ2n) is 4.54. The number of amides is 1. The van der Waals surface area contributed by atoms with Crippen LogP contribution in [0.25, 0.3) is 0 Å². The van der Waals surface area contributed by atoms with Crippen LogP contribution in [0.3, 0.4) is 0 Å². The van der Waals surface area contributed by atoms with E-state index in [9.17, 15) is 4.79 Å². The zero-order valence-electron chi connectivity index (χ0n) is 11.2. The maximum atomic E-state index is 12.4. The molecule has 1 atom stereocenters. The molecule has 19 heavy (non-hydrogen) atoms. The zero-order chi connectivity index (χ0) is 13.8. The van der Waals surface area contributed by atoms with Crippen LogP contribution in [0.2, 0.25) is 0 Å². The van der Waals surface area contributed by atoms with Crippen molar-refractivity contribution in [3.05, 3.63) is 10.6 Å². The standard InChI is InChI=1S/C12H17N5OS/c1-3-10-11(19-15-14-10)12(18)17-6-4-16(5-7-17)9(2)8-13/h9H,3-7H2,1-2H3. The quantitative estimate of drug-likeness (QED) is 0.817. The Morgan fingerprint density at radius 2 is 2.16 bits per heavy atom. The highest BCUT2D eigenvalue weighted by Gasteiger charge is 2.27. The zero-order valence-corrected chi connectivity index (χ0v) is 12.0. The Morgan fingerprint density at radius 3 is 2.74 bits per heavy atom. The van der Waals surface area contributed by atoms with Crippen molar-refractivity contribution in [1.82, 2.24) is 19.4 Å². The molecule has 1 saturated heterocycles. The summed E-state index contributed by atoms with van der Waals surface area (Å²) in [6.45, 7) is 6.67. The molecule has 1 amide bonds. The minimum Gasteiger partial charge on any atom is -0.335 e. The smallest absolute Gasteiger partial charge is 0.267 e. The van der Waals surface area contributed by atoms with Gasteiger partial charge in [-0.15, -0.1) is 5.10 Å². The van der Waals surface area contributed by atoms with E-state index < -0.39 is 0 Å². The number of nitrogens with zero attached hydrogens (tertiary/aromatic N) is 5. The minimum atomic E-state index is -0.0893. The van der Waals surface area contributed by atoms with Crippen LogP contribution in [0.4, 0.5) is 0 Å². The third-order valence-corrected chi connectivity index (χ3v) is 4.18. The van der Waals surface area contributed by atoms with E-state index in [1.807, 2.05) is 18.7 Å². The lowest BCUT2D eigenvalue weighted by Crippen LogP contribution is -2.51. The molecule has 2 rings (SSSR count). The first kappa shape index (κ1) is 13.9. The van der Waals surface area contributed by atoms with Crippen LogP contribution >= 0.6 is 11.5 Å². The number of carbonyl (C=O) groups is 1. The Morgan fingerprint density at radius 1 is 1.47 bits per heavy atom. The highest BCUT2D eigenvalue weighted by Crippen LogP contribution is 2.16. The molecule has 0 aromatic carbocycles. The average Bonchev–Trinajstić information content (AvgIpc) is 2.94. The third-order valence-electron chi connectivity index (χ3n) is 3.42. The summed E-state index contributed by atoms with van der Waals surface area (Å²) in [5.74, 6) is 0.0242. The predicted octanol–water partition coefficient (Wildman–Crippen LogP) is 0.770. The molecule has 1 unspecified atom stereocenters. The van der Waals surface area contributed by atoms with Gasteiger partial charge in [0.15, 0.2) is 0 Å². The number of hydrogen-bond donors (Lipinski definition) is 0. The number of hydrogen-bond acceptors (Lipinski definition) is 6. The van der Waals surface area contributed by atoms with E-state index in [-0.39, 0.29) is 11.9 Å². The molecule has 1 aliphatic heterocycles. The number of nitriles is 1. The molecule has 1 fully saturated rings. The van der Waals surface area contributed by atoms with Crippen LogP contribution in [-0.2, 0) is 6.42 Å². The fourth-order valence-corrected chi connectivity index (χ4v) is 2.86. The molecule has 6 nitrogen and oxygen atoms in total. The molecule has 0 saturated carbocycles. The lowest BCUT2D eigenvalue weighted by Gasteiger charge is -2.35. The molecule has 1 aliphatic rings. The number of carbonyl (C=O) groups excluding carboxylic acids is 1. The third kappa shape index (κ3) is 2.91. The molecule has 1 aromatic heterocycles. The summed E-state index contributed by atoms with van der Waals surface area (Å²) in [6.07, 6.45) is 0.725. The Labute approximate surface area is 116 Å². The van der Waals surface area contributed by atoms with E-state index in [1.54, 1.807) is 0 Å². The van der Waals surface area contributed by atoms with Gasteiger partial charge in [0.1, 0.15) is 4.88 Å². The highest BCUT2D eigenvalue weighted by molar-refractivity contribution is 7.08. The second kappa shape index (κ2) is 6.08. The van der Waals surface area contributed by atoms with Crippen LogP contribution in [0.15, 0.2) is 0 Å². The number of piperazine rings is 1. The van der Waals surface area contributed by atoms with Crippen molar-refractivity contribution < 1.29 is 4.79 Å². The van der Waals surface area contributed by atoms with Crippen LogP contribution in [0, 0.1) is 11.3 Å². The van der Waals surface area contributed by atoms with Crippen molar-refractivity contribution in [2.75, 3.05) is 26.2 Å². The lowest BCUT2D eigenvalue weighted by atomic mass is 10.2. The van der Waals surface area contributed by atoms with Gasteiger partial charge in [-0.1, -0.05) is 11.4 Å². The maximum absolute atomic E-state index is 12.4. The summed E-state index contributed by atoms with van der Waals surface area (Å²) >= 11 is 1.17. The largest absolute Gasteiger partial charge is 0.335 e. The van der Waals surface area contributed by atoms with Gasteiger partial charge in [-0.25, -0.2) is 0 Å². The Bertz CT molecular complexity index is 487. The number of aromatic nitrogens is 2. The van der Waals surface area contributed by atoms with Gasteiger partial charge in [0, 0.05) is 26.2 Å². The number of rotatable bonds is 3. The van der Waals surface area contributed by atoms with E-state index in [2.05, 4.69) is 20.6 Å². The molecular weight excluding hydrogens is 262 g/mol. The van der Waals surface area contributed by atoms with Gasteiger partial charge in [-0.3, -0.25) is 9.69 Å². The fraction of sp³-hybridized carbons (Fsp3) is 0.667. The van der Waals surface area contributed by atoms with Crippen LogP contribution in [0.1, 0.15) is 29.2 Å². The van der Waals surface area contributed by atoms with E-state index >= 15 is 0 Å². The van der Waals surface area contributed by atoms with E-state index in [4.69, 9.17) is 5.26 Å². The van der Waals surface area contributed by atoms with Gasteiger partial charge >= 0.3 is 0 Å². The molecule has 0 N–H and O–H groups in total. The van der Waals surface area contributed by atoms with Gasteiger partial charge in [0.05, 0.1) is 17.8 Å². The summed E-state index contributed by atoms with van der Waals surface area (Å²) in [6, 6.07) is 2.14. The first-order valence-electron chi connectivity index (χ1n) is 6.41. The predicted molar refractivity (Wildman–Crippen MR) is 71.8 cm³/mol. The first-order chi connectivity index (χ1) is 9.17. The molecule has 1 aromatic rings. The molecule has 2 heterocycles. The first-order valence-corrected chi connectivity index (χ1v) is 7.18. The lowest BCUT2D eigenvalue weighted by molar-refractivity contribution is 0.0619. The normalized spacial score (nSPS) is 18.1. The Balaban J connectivity index is 1.99. The van der Waals surface area contributed by atoms with Crippen molar-refractivity contribution >= 4 is 17.4 Å². The summed E-state index contributed by atoms with van der Waals surface area (Å²) in [5, 5.41) is 12.9. The van der Waals surface area contributed by atoms with E-state index in [1.165, 1.54) is 11.5 Å². The summed E-state index contributed by atoms with van der Waals surface area (Å²) < 4.78 is 3.86. The average molecular weight is 279 g/mol. The van der Waals surface area contributed by atoms with Crippen LogP contribution < -0.4 is 0 Å². The maximum Gasteiger partial charge on any atom is 0.267 e. The molecule has 0 bridgehead atoms. The van der Waals surface area contributed by atoms with Crippen molar-refractivity contribution in [3.63, 3.8) is 0 Å². The monoisotopic (exact) mass is 279 g/mol. The molecule has 102 valence electrons. The Kier molecular flexibility index (Phi) is 4.45. The van der Waals surface area contributed by atoms with E-state index in [0.717, 1.165) is 25.2 Å². The molecule has 0 aliphatic carbocycles. The second-order valence-corrected chi connectivity index (χ2v) is 5.29. The topological polar surface area (TPSA) is 73.1 Å². The van der Waals surface area contributed by atoms with Gasteiger partial charge < -0.3 is 4.90 Å². The molecule has 0 radical (unpaired) electrons. The van der Waals surface area contributed by atoms with Crippen molar-refractivity contribution in [2.24, 2.45) is 0 Å². The highest BCUT2D eigenvalue weighted by atomic mass is 32.1. The SMILES string of the molecule is CCc1nnsc1C(=O)N1CCN(C(C)C#N)CC1. The van der Waals surface area contributed by atoms with Gasteiger partial charge in [-0.05, 0) is 24.9 Å². The molecule has 7 heteroatoms. The van der Waals surface area contributed by atoms with Gasteiger partial charge in [-0.2, -0.15) is 5.26 Å². The fourth-order valence-electron chi connectivity index (χ4n) is 2.14. The summed E-state index contributed by atoms with van der Waals surface area (Å²) in [4.78, 5) is 16.9. The molecular formula is C12H17N5OS. The summed E-state index contributed by atoms with van der Waals surface area (Å²) in [7, 11) is 0.